The molecule has 0 aliphatic carbocycles. The van der Waals surface area contributed by atoms with E-state index in [1.54, 1.807) is 0 Å². The molecule has 11 unspecified atom stereocenters. The van der Waals surface area contributed by atoms with Crippen LogP contribution in [0.1, 0.15) is 226 Å². The molecule has 0 amide bonds. The number of carbonyl (C=O) groups excluding carboxylic acids is 1. The van der Waals surface area contributed by atoms with Crippen LogP contribution in [0.5, 0.6) is 0 Å². The Morgan fingerprint density at radius 1 is 0.434 bits per heavy atom. The van der Waals surface area contributed by atoms with Gasteiger partial charge >= 0.3 is 5.97 Å². The second kappa shape index (κ2) is 48.6. The Hall–Kier alpha value is -2.31. The van der Waals surface area contributed by atoms with Crippen LogP contribution in [0, 0.1) is 0 Å². The molecule has 2 aliphatic rings. The topological polar surface area (TPSA) is 214 Å². The third kappa shape index (κ3) is 34.6. The summed E-state index contributed by atoms with van der Waals surface area (Å²) in [5.74, 6) is -0.384. The summed E-state index contributed by atoms with van der Waals surface area (Å²) in [5.41, 5.74) is 0. The van der Waals surface area contributed by atoms with Gasteiger partial charge in [-0.3, -0.25) is 4.79 Å². The zero-order valence-electron chi connectivity index (χ0n) is 47.5. The highest BCUT2D eigenvalue weighted by Crippen LogP contribution is 2.27. The molecule has 2 fully saturated rings. The van der Waals surface area contributed by atoms with Crippen molar-refractivity contribution >= 4 is 5.97 Å². The summed E-state index contributed by atoms with van der Waals surface area (Å²) in [4.78, 5) is 13.1. The summed E-state index contributed by atoms with van der Waals surface area (Å²) in [7, 11) is 0. The Morgan fingerprint density at radius 2 is 0.816 bits per heavy atom. The molecular formula is C62H110O14. The third-order valence-electron chi connectivity index (χ3n) is 14.2. The van der Waals surface area contributed by atoms with Gasteiger partial charge in [0, 0.05) is 13.0 Å². The van der Waals surface area contributed by atoms with Gasteiger partial charge in [-0.1, -0.05) is 197 Å². The second-order valence-electron chi connectivity index (χ2n) is 21.2. The molecule has 14 nitrogen and oxygen atoms in total. The Balaban J connectivity index is 1.70. The van der Waals surface area contributed by atoms with Crippen molar-refractivity contribution in [2.24, 2.45) is 0 Å². The number of aliphatic hydroxyl groups excluding tert-OH is 7. The van der Waals surface area contributed by atoms with Gasteiger partial charge in [-0.15, -0.1) is 0 Å². The molecule has 14 heteroatoms. The minimum atomic E-state index is -1.71. The van der Waals surface area contributed by atoms with Gasteiger partial charge in [0.1, 0.15) is 54.9 Å². The molecule has 0 radical (unpaired) electrons. The molecule has 76 heavy (non-hydrogen) atoms. The number of rotatable bonds is 49. The number of hydrogen-bond acceptors (Lipinski definition) is 14. The van der Waals surface area contributed by atoms with E-state index in [1.807, 2.05) is 0 Å². The van der Waals surface area contributed by atoms with Crippen molar-refractivity contribution in [3.63, 3.8) is 0 Å². The number of ether oxygens (including phenoxy) is 6. The molecule has 0 bridgehead atoms. The molecule has 2 rings (SSSR count). The molecule has 0 aromatic rings. The van der Waals surface area contributed by atoms with Gasteiger partial charge in [0.05, 0.1) is 26.4 Å². The number of allylic oxidation sites excluding steroid dienone is 10. The maximum Gasteiger partial charge on any atom is 0.306 e. The highest BCUT2D eigenvalue weighted by molar-refractivity contribution is 5.69. The summed E-state index contributed by atoms with van der Waals surface area (Å²) in [6.45, 7) is 3.65. The van der Waals surface area contributed by atoms with Crippen LogP contribution in [0.3, 0.4) is 0 Å². The van der Waals surface area contributed by atoms with E-state index in [0.717, 1.165) is 77.0 Å². The van der Waals surface area contributed by atoms with Crippen LogP contribution in [-0.4, -0.2) is 142 Å². The summed E-state index contributed by atoms with van der Waals surface area (Å²) in [6.07, 6.45) is 44.2. The molecule has 0 aromatic heterocycles. The normalized spacial score (nSPS) is 24.9. The fourth-order valence-corrected chi connectivity index (χ4v) is 9.32. The van der Waals surface area contributed by atoms with E-state index in [9.17, 15) is 40.5 Å². The second-order valence-corrected chi connectivity index (χ2v) is 21.2. The summed E-state index contributed by atoms with van der Waals surface area (Å²) in [6, 6.07) is 0. The number of unbranched alkanes of at least 4 members (excludes halogenated alkanes) is 25. The quantitative estimate of drug-likeness (QED) is 0.0172. The van der Waals surface area contributed by atoms with Gasteiger partial charge in [-0.2, -0.15) is 0 Å². The monoisotopic (exact) mass is 1080 g/mol. The van der Waals surface area contributed by atoms with E-state index >= 15 is 0 Å². The molecule has 442 valence electrons. The highest BCUT2D eigenvalue weighted by Gasteiger charge is 2.47. The smallest absolute Gasteiger partial charge is 0.306 e. The maximum atomic E-state index is 13.1. The largest absolute Gasteiger partial charge is 0.457 e. The van der Waals surface area contributed by atoms with Crippen LogP contribution in [0.4, 0.5) is 0 Å². The van der Waals surface area contributed by atoms with E-state index in [2.05, 4.69) is 74.6 Å². The molecule has 0 saturated carbocycles. The first kappa shape index (κ1) is 69.8. The van der Waals surface area contributed by atoms with Gasteiger partial charge in [0.2, 0.25) is 0 Å². The molecule has 0 aromatic carbocycles. The Morgan fingerprint density at radius 3 is 1.29 bits per heavy atom. The van der Waals surface area contributed by atoms with E-state index < -0.39 is 80.7 Å². The SMILES string of the molecule is CCCCCC/C=C\C/C=C\CCCCCCCCOCC(COC1OC(COC2OC(CO)C(O)C(O)C2O)C(O)C(O)C1O)OC(=O)CCCCCCCCCCCC/C=C\C/C=C\C/C=C\CCCCCCC. The highest BCUT2D eigenvalue weighted by atomic mass is 16.7. The standard InChI is InChI=1S/C62H110O14/c1-3-5-7-9-11-13-15-17-19-21-22-23-24-25-26-27-28-29-31-33-35-37-39-41-43-45-54(64)74-51(48-71-46-44-42-40-38-36-34-32-30-20-18-16-14-12-10-8-6-4-2)49-72-61-60(70)58(68)56(66)53(76-61)50-73-62-59(69)57(67)55(65)52(47-63)75-62/h14-17,20-22,24-25,30,51-53,55-63,65-70H,3-13,18-19,23,26-29,31-50H2,1-2H3/b16-14-,17-15-,22-21-,25-24-,30-20-. The van der Waals surface area contributed by atoms with Gasteiger partial charge < -0.3 is 64.2 Å². The minimum Gasteiger partial charge on any atom is -0.457 e. The zero-order valence-corrected chi connectivity index (χ0v) is 47.5. The lowest BCUT2D eigenvalue weighted by Gasteiger charge is -2.42. The van der Waals surface area contributed by atoms with Crippen LogP contribution in [0.15, 0.2) is 60.8 Å². The molecule has 7 N–H and O–H groups in total. The van der Waals surface area contributed by atoms with Gasteiger partial charge in [0.25, 0.3) is 0 Å². The fraction of sp³-hybridized carbons (Fsp3) is 0.823. The number of hydrogen-bond donors (Lipinski definition) is 7. The lowest BCUT2D eigenvalue weighted by atomic mass is 9.98. The number of aliphatic hydroxyl groups is 7. The molecule has 2 saturated heterocycles. The maximum absolute atomic E-state index is 13.1. The third-order valence-corrected chi connectivity index (χ3v) is 14.2. The van der Waals surface area contributed by atoms with E-state index in [-0.39, 0.29) is 25.6 Å². The summed E-state index contributed by atoms with van der Waals surface area (Å²) < 4.78 is 34.4. The first-order valence-electron chi connectivity index (χ1n) is 30.4. The van der Waals surface area contributed by atoms with Crippen LogP contribution in [-0.2, 0) is 33.2 Å². The molecule has 2 heterocycles. The van der Waals surface area contributed by atoms with E-state index in [1.165, 1.54) is 122 Å². The van der Waals surface area contributed by atoms with Crippen molar-refractivity contribution in [2.75, 3.05) is 33.0 Å². The lowest BCUT2D eigenvalue weighted by molar-refractivity contribution is -0.332. The van der Waals surface area contributed by atoms with E-state index in [0.29, 0.717) is 13.0 Å². The minimum absolute atomic E-state index is 0.0513. The first-order valence-corrected chi connectivity index (χ1v) is 30.4. The summed E-state index contributed by atoms with van der Waals surface area (Å²) in [5, 5.41) is 72.4. The number of carbonyl (C=O) groups is 1. The number of esters is 1. The van der Waals surface area contributed by atoms with Crippen molar-refractivity contribution in [1.29, 1.82) is 0 Å². The van der Waals surface area contributed by atoms with Crippen molar-refractivity contribution < 1.29 is 69.0 Å². The predicted octanol–water partition coefficient (Wildman–Crippen LogP) is 11.2. The Bertz CT molecular complexity index is 1490. The van der Waals surface area contributed by atoms with Crippen molar-refractivity contribution in [1.82, 2.24) is 0 Å². The van der Waals surface area contributed by atoms with Gasteiger partial charge in [-0.25, -0.2) is 0 Å². The molecular weight excluding hydrogens is 969 g/mol. The average molecular weight is 1080 g/mol. The average Bonchev–Trinajstić information content (AvgIpc) is 3.42. The van der Waals surface area contributed by atoms with Crippen molar-refractivity contribution in [2.45, 2.75) is 293 Å². The van der Waals surface area contributed by atoms with Crippen molar-refractivity contribution in [3.8, 4) is 0 Å². The van der Waals surface area contributed by atoms with Crippen LogP contribution in [0.2, 0.25) is 0 Å². The van der Waals surface area contributed by atoms with Crippen molar-refractivity contribution in [3.05, 3.63) is 60.8 Å². The molecule has 11 atom stereocenters. The van der Waals surface area contributed by atoms with Gasteiger partial charge in [-0.05, 0) is 83.5 Å². The lowest BCUT2D eigenvalue weighted by Crippen LogP contribution is -2.61. The van der Waals surface area contributed by atoms with Crippen LogP contribution < -0.4 is 0 Å². The van der Waals surface area contributed by atoms with Crippen LogP contribution >= 0.6 is 0 Å². The molecule has 2 aliphatic heterocycles. The Labute approximate surface area is 460 Å². The van der Waals surface area contributed by atoms with Gasteiger partial charge in [0.15, 0.2) is 12.6 Å². The van der Waals surface area contributed by atoms with E-state index in [4.69, 9.17) is 28.4 Å². The fourth-order valence-electron chi connectivity index (χ4n) is 9.32. The molecule has 0 spiro atoms. The predicted molar refractivity (Wildman–Crippen MR) is 302 cm³/mol. The Kier molecular flexibility index (Phi) is 44.6. The zero-order chi connectivity index (χ0) is 55.1. The van der Waals surface area contributed by atoms with Crippen LogP contribution in [0.25, 0.3) is 0 Å². The summed E-state index contributed by atoms with van der Waals surface area (Å²) >= 11 is 0. The first-order chi connectivity index (χ1) is 37.1.